The third-order valence-corrected chi connectivity index (χ3v) is 3.92. The Kier molecular flexibility index (Phi) is 5.81. The monoisotopic (exact) mass is 305 g/mol. The van der Waals surface area contributed by atoms with E-state index in [1.54, 1.807) is 4.90 Å². The molecule has 1 N–H and O–H groups in total. The fourth-order valence-electron chi connectivity index (χ4n) is 2.68. The Morgan fingerprint density at radius 1 is 1.41 bits per heavy atom. The summed E-state index contributed by atoms with van der Waals surface area (Å²) in [6.45, 7) is 3.51. The van der Waals surface area contributed by atoms with Crippen molar-refractivity contribution in [3.05, 3.63) is 29.8 Å². The van der Waals surface area contributed by atoms with Crippen LogP contribution < -0.4 is 4.74 Å². The summed E-state index contributed by atoms with van der Waals surface area (Å²) >= 11 is 0. The fraction of sp³-hybridized carbons (Fsp3) is 0.529. The standard InChI is InChI=1S/C17H23NO4/c1-13-5-2-7-15(11-13)22-10-4-8-16(19)18-9-3-6-14(12-18)17(20)21/h2,5,7,11,14H,3-4,6,8-10,12H2,1H3,(H,20,21). The lowest BCUT2D eigenvalue weighted by atomic mass is 9.98. The van der Waals surface area contributed by atoms with E-state index in [4.69, 9.17) is 9.84 Å². The van der Waals surface area contributed by atoms with Crippen molar-refractivity contribution in [2.24, 2.45) is 5.92 Å². The summed E-state index contributed by atoms with van der Waals surface area (Å²) in [4.78, 5) is 24.8. The zero-order chi connectivity index (χ0) is 15.9. The number of carbonyl (C=O) groups is 2. The topological polar surface area (TPSA) is 66.8 Å². The van der Waals surface area contributed by atoms with Crippen LogP contribution in [0.15, 0.2) is 24.3 Å². The van der Waals surface area contributed by atoms with Crippen LogP contribution in [-0.4, -0.2) is 41.6 Å². The van der Waals surface area contributed by atoms with E-state index in [9.17, 15) is 9.59 Å². The highest BCUT2D eigenvalue weighted by Crippen LogP contribution is 2.18. The highest BCUT2D eigenvalue weighted by atomic mass is 16.5. The molecule has 5 nitrogen and oxygen atoms in total. The SMILES string of the molecule is Cc1cccc(OCCCC(=O)N2CCCC(C(=O)O)C2)c1. The van der Waals surface area contributed by atoms with E-state index < -0.39 is 11.9 Å². The van der Waals surface area contributed by atoms with Gasteiger partial charge in [0, 0.05) is 19.5 Å². The van der Waals surface area contributed by atoms with Crippen molar-refractivity contribution in [1.82, 2.24) is 4.90 Å². The van der Waals surface area contributed by atoms with Gasteiger partial charge in [-0.25, -0.2) is 0 Å². The zero-order valence-electron chi connectivity index (χ0n) is 13.0. The van der Waals surface area contributed by atoms with Crippen molar-refractivity contribution < 1.29 is 19.4 Å². The van der Waals surface area contributed by atoms with Gasteiger partial charge < -0.3 is 14.7 Å². The van der Waals surface area contributed by atoms with Crippen molar-refractivity contribution in [2.75, 3.05) is 19.7 Å². The first kappa shape index (κ1) is 16.3. The molecule has 2 rings (SSSR count). The lowest BCUT2D eigenvalue weighted by molar-refractivity contribution is -0.145. The van der Waals surface area contributed by atoms with E-state index in [1.165, 1.54) is 0 Å². The number of hydrogen-bond donors (Lipinski definition) is 1. The number of rotatable bonds is 6. The van der Waals surface area contributed by atoms with Crippen LogP contribution in [-0.2, 0) is 9.59 Å². The molecule has 0 saturated carbocycles. The second kappa shape index (κ2) is 7.82. The lowest BCUT2D eigenvalue weighted by Gasteiger charge is -2.30. The predicted octanol–water partition coefficient (Wildman–Crippen LogP) is 2.48. The van der Waals surface area contributed by atoms with Crippen LogP contribution in [0.1, 0.15) is 31.2 Å². The molecule has 1 saturated heterocycles. The average Bonchev–Trinajstić information content (AvgIpc) is 2.51. The number of carboxylic acids is 1. The molecule has 5 heteroatoms. The Morgan fingerprint density at radius 3 is 2.95 bits per heavy atom. The minimum absolute atomic E-state index is 0.0267. The van der Waals surface area contributed by atoms with Crippen LogP contribution >= 0.6 is 0 Å². The largest absolute Gasteiger partial charge is 0.494 e. The van der Waals surface area contributed by atoms with Crippen LogP contribution in [0.3, 0.4) is 0 Å². The first-order valence-electron chi connectivity index (χ1n) is 7.76. The molecule has 1 fully saturated rings. The number of benzene rings is 1. The molecule has 0 spiro atoms. The van der Waals surface area contributed by atoms with Crippen LogP contribution in [0, 0.1) is 12.8 Å². The number of amides is 1. The van der Waals surface area contributed by atoms with Crippen LogP contribution in [0.2, 0.25) is 0 Å². The fourth-order valence-corrected chi connectivity index (χ4v) is 2.68. The maximum absolute atomic E-state index is 12.1. The molecule has 1 aliphatic rings. The third-order valence-electron chi connectivity index (χ3n) is 3.92. The Labute approximate surface area is 130 Å². The molecule has 1 heterocycles. The number of aryl methyl sites for hydroxylation is 1. The summed E-state index contributed by atoms with van der Waals surface area (Å²) in [5.41, 5.74) is 1.14. The molecule has 1 atom stereocenters. The van der Waals surface area contributed by atoms with Gasteiger partial charge in [0.2, 0.25) is 5.91 Å². The van der Waals surface area contributed by atoms with Gasteiger partial charge >= 0.3 is 5.97 Å². The lowest BCUT2D eigenvalue weighted by Crippen LogP contribution is -2.42. The molecular weight excluding hydrogens is 282 g/mol. The summed E-state index contributed by atoms with van der Waals surface area (Å²) in [5.74, 6) is -0.378. The van der Waals surface area contributed by atoms with Gasteiger partial charge in [0.25, 0.3) is 0 Å². The summed E-state index contributed by atoms with van der Waals surface area (Å²) in [6, 6.07) is 7.81. The predicted molar refractivity (Wildman–Crippen MR) is 82.8 cm³/mol. The summed E-state index contributed by atoms with van der Waals surface area (Å²) in [7, 11) is 0. The van der Waals surface area contributed by atoms with E-state index in [0.717, 1.165) is 17.7 Å². The van der Waals surface area contributed by atoms with Crippen LogP contribution in [0.5, 0.6) is 5.75 Å². The van der Waals surface area contributed by atoms with Gasteiger partial charge in [0.15, 0.2) is 0 Å². The molecule has 1 aliphatic heterocycles. The van der Waals surface area contributed by atoms with Gasteiger partial charge in [-0.2, -0.15) is 0 Å². The first-order chi connectivity index (χ1) is 10.6. The Morgan fingerprint density at radius 2 is 2.23 bits per heavy atom. The van der Waals surface area contributed by atoms with Crippen LogP contribution in [0.25, 0.3) is 0 Å². The summed E-state index contributed by atoms with van der Waals surface area (Å²) in [6.07, 6.45) is 2.47. The maximum Gasteiger partial charge on any atom is 0.308 e. The molecule has 0 aromatic heterocycles. The van der Waals surface area contributed by atoms with Crippen molar-refractivity contribution in [2.45, 2.75) is 32.6 Å². The second-order valence-corrected chi connectivity index (χ2v) is 5.79. The molecule has 1 amide bonds. The Bertz CT molecular complexity index is 529. The second-order valence-electron chi connectivity index (χ2n) is 5.79. The molecule has 1 unspecified atom stereocenters. The molecule has 1 aromatic rings. The number of nitrogens with zero attached hydrogens (tertiary/aromatic N) is 1. The van der Waals surface area contributed by atoms with Gasteiger partial charge in [-0.1, -0.05) is 12.1 Å². The van der Waals surface area contributed by atoms with E-state index in [0.29, 0.717) is 39.0 Å². The molecular formula is C17H23NO4. The van der Waals surface area contributed by atoms with E-state index in [2.05, 4.69) is 0 Å². The smallest absolute Gasteiger partial charge is 0.308 e. The van der Waals surface area contributed by atoms with E-state index >= 15 is 0 Å². The number of aliphatic carboxylic acids is 1. The summed E-state index contributed by atoms with van der Waals surface area (Å²) in [5, 5.41) is 9.04. The normalized spacial score (nSPS) is 18.0. The van der Waals surface area contributed by atoms with Crippen molar-refractivity contribution >= 4 is 11.9 Å². The molecule has 120 valence electrons. The minimum atomic E-state index is -0.805. The molecule has 22 heavy (non-hydrogen) atoms. The molecule has 0 aliphatic carbocycles. The number of hydrogen-bond acceptors (Lipinski definition) is 3. The Balaban J connectivity index is 1.70. The average molecular weight is 305 g/mol. The molecule has 0 radical (unpaired) electrons. The van der Waals surface area contributed by atoms with Crippen LogP contribution in [0.4, 0.5) is 0 Å². The van der Waals surface area contributed by atoms with Gasteiger partial charge in [0.05, 0.1) is 12.5 Å². The number of carbonyl (C=O) groups excluding carboxylic acids is 1. The molecule has 1 aromatic carbocycles. The van der Waals surface area contributed by atoms with Gasteiger partial charge in [-0.15, -0.1) is 0 Å². The van der Waals surface area contributed by atoms with E-state index in [1.807, 2.05) is 31.2 Å². The van der Waals surface area contributed by atoms with Gasteiger partial charge in [-0.3, -0.25) is 9.59 Å². The Hall–Kier alpha value is -2.04. The van der Waals surface area contributed by atoms with Crippen molar-refractivity contribution in [3.63, 3.8) is 0 Å². The number of piperidine rings is 1. The minimum Gasteiger partial charge on any atom is -0.494 e. The van der Waals surface area contributed by atoms with Crippen molar-refractivity contribution in [1.29, 1.82) is 0 Å². The highest BCUT2D eigenvalue weighted by molar-refractivity contribution is 5.78. The molecule has 0 bridgehead atoms. The van der Waals surface area contributed by atoms with Gasteiger partial charge in [0.1, 0.15) is 5.75 Å². The van der Waals surface area contributed by atoms with E-state index in [-0.39, 0.29) is 5.91 Å². The maximum atomic E-state index is 12.1. The quantitative estimate of drug-likeness (QED) is 0.820. The van der Waals surface area contributed by atoms with Gasteiger partial charge in [-0.05, 0) is 43.9 Å². The van der Waals surface area contributed by atoms with Crippen molar-refractivity contribution in [3.8, 4) is 5.75 Å². The number of ether oxygens (including phenoxy) is 1. The number of carboxylic acid groups (broad SMARTS) is 1. The number of likely N-dealkylation sites (tertiary alicyclic amines) is 1. The summed E-state index contributed by atoms with van der Waals surface area (Å²) < 4.78 is 5.62. The first-order valence-corrected chi connectivity index (χ1v) is 7.76. The zero-order valence-corrected chi connectivity index (χ0v) is 13.0. The highest BCUT2D eigenvalue weighted by Gasteiger charge is 2.27. The third kappa shape index (κ3) is 4.76.